The summed E-state index contributed by atoms with van der Waals surface area (Å²) in [6.07, 6.45) is 5.05. The van der Waals surface area contributed by atoms with Gasteiger partial charge in [-0.15, -0.1) is 0 Å². The van der Waals surface area contributed by atoms with Crippen LogP contribution in [0.2, 0.25) is 0 Å². The highest BCUT2D eigenvalue weighted by Gasteiger charge is 2.47. The highest BCUT2D eigenvalue weighted by Crippen LogP contribution is 2.42. The van der Waals surface area contributed by atoms with Crippen LogP contribution in [0.15, 0.2) is 18.7 Å². The molecule has 3 rings (SSSR count). The van der Waals surface area contributed by atoms with Gasteiger partial charge in [-0.1, -0.05) is 27.7 Å². The van der Waals surface area contributed by atoms with E-state index < -0.39 is 0 Å². The van der Waals surface area contributed by atoms with E-state index in [1.807, 2.05) is 25.8 Å². The van der Waals surface area contributed by atoms with Crippen LogP contribution in [-0.4, -0.2) is 44.2 Å². The predicted molar refractivity (Wildman–Crippen MR) is 103 cm³/mol. The molecular formula is C19H25N7O. The summed E-state index contributed by atoms with van der Waals surface area (Å²) >= 11 is 0. The lowest BCUT2D eigenvalue weighted by Gasteiger charge is -2.49. The van der Waals surface area contributed by atoms with Crippen molar-refractivity contribution in [2.75, 3.05) is 17.3 Å². The molecule has 0 saturated heterocycles. The minimum Gasteiger partial charge on any atom is -0.392 e. The van der Waals surface area contributed by atoms with Crippen molar-refractivity contribution in [3.63, 3.8) is 0 Å². The minimum atomic E-state index is -0.361. The minimum absolute atomic E-state index is 0.0407. The maximum Gasteiger partial charge on any atom is 0.231 e. The van der Waals surface area contributed by atoms with Crippen molar-refractivity contribution in [3.8, 4) is 6.07 Å². The molecule has 1 aliphatic carbocycles. The molecule has 142 valence electrons. The summed E-state index contributed by atoms with van der Waals surface area (Å²) in [6, 6.07) is 2.17. The van der Waals surface area contributed by atoms with Crippen molar-refractivity contribution < 1.29 is 5.11 Å². The predicted octanol–water partition coefficient (Wildman–Crippen LogP) is 2.60. The topological polar surface area (TPSA) is 111 Å². The van der Waals surface area contributed by atoms with Crippen LogP contribution in [0.3, 0.4) is 0 Å². The van der Waals surface area contributed by atoms with Crippen LogP contribution in [0.1, 0.15) is 51.3 Å². The van der Waals surface area contributed by atoms with Crippen LogP contribution in [0.4, 0.5) is 17.5 Å². The van der Waals surface area contributed by atoms with E-state index >= 15 is 0 Å². The number of nitrogens with zero attached hydrogens (tertiary/aromatic N) is 6. The third kappa shape index (κ3) is 3.43. The van der Waals surface area contributed by atoms with E-state index in [1.165, 1.54) is 12.5 Å². The summed E-state index contributed by atoms with van der Waals surface area (Å²) < 4.78 is 0. The second kappa shape index (κ2) is 7.08. The quantitative estimate of drug-likeness (QED) is 0.829. The molecule has 0 spiro atoms. The molecule has 1 aliphatic rings. The SMILES string of the molecule is CC(C)c1ncncc1N(C)c1ncc(C#N)c(N[C@@H]2C[C@H](O)C2(C)C)n1. The summed E-state index contributed by atoms with van der Waals surface area (Å²) in [6.45, 7) is 8.12. The molecule has 1 fully saturated rings. The normalized spacial score (nSPS) is 20.7. The van der Waals surface area contributed by atoms with Gasteiger partial charge in [-0.25, -0.2) is 15.0 Å². The van der Waals surface area contributed by atoms with Crippen molar-refractivity contribution in [2.24, 2.45) is 5.41 Å². The average Bonchev–Trinajstić information content (AvgIpc) is 2.67. The number of rotatable bonds is 5. The van der Waals surface area contributed by atoms with Crippen LogP contribution in [0, 0.1) is 16.7 Å². The number of anilines is 3. The highest BCUT2D eigenvalue weighted by molar-refractivity contribution is 5.62. The van der Waals surface area contributed by atoms with E-state index in [-0.39, 0.29) is 23.5 Å². The standard InChI is InChI=1S/C19H25N7O/c1-11(2)16-13(9-21-10-23-16)26(5)18-22-8-12(7-20)17(25-18)24-14-6-15(27)19(14,3)4/h8-11,14-15,27H,6H2,1-5H3,(H,22,24,25)/t14-,15+/m1/s1. The monoisotopic (exact) mass is 367 g/mol. The van der Waals surface area contributed by atoms with Crippen LogP contribution < -0.4 is 10.2 Å². The van der Waals surface area contributed by atoms with Crippen LogP contribution >= 0.6 is 0 Å². The molecule has 2 N–H and O–H groups in total. The van der Waals surface area contributed by atoms with Crippen molar-refractivity contribution in [3.05, 3.63) is 30.0 Å². The van der Waals surface area contributed by atoms with Gasteiger partial charge in [0.25, 0.3) is 0 Å². The lowest BCUT2D eigenvalue weighted by Crippen LogP contribution is -2.57. The van der Waals surface area contributed by atoms with Gasteiger partial charge < -0.3 is 15.3 Å². The summed E-state index contributed by atoms with van der Waals surface area (Å²) in [5.74, 6) is 1.15. The number of hydrogen-bond acceptors (Lipinski definition) is 8. The van der Waals surface area contributed by atoms with Crippen LogP contribution in [0.5, 0.6) is 0 Å². The molecular weight excluding hydrogens is 342 g/mol. The lowest BCUT2D eigenvalue weighted by molar-refractivity contribution is -0.0511. The molecule has 0 aliphatic heterocycles. The Bertz CT molecular complexity index is 875. The van der Waals surface area contributed by atoms with Gasteiger partial charge >= 0.3 is 0 Å². The number of aliphatic hydroxyl groups excluding tert-OH is 1. The van der Waals surface area contributed by atoms with E-state index in [1.54, 1.807) is 6.20 Å². The van der Waals surface area contributed by atoms with Crippen LogP contribution in [-0.2, 0) is 0 Å². The van der Waals surface area contributed by atoms with Crippen molar-refractivity contribution in [1.82, 2.24) is 19.9 Å². The summed E-state index contributed by atoms with van der Waals surface area (Å²) in [5.41, 5.74) is 1.82. The fourth-order valence-corrected chi connectivity index (χ4v) is 3.18. The third-order valence-electron chi connectivity index (χ3n) is 5.35. The van der Waals surface area contributed by atoms with E-state index in [2.05, 4.69) is 45.2 Å². The van der Waals surface area contributed by atoms with Gasteiger partial charge in [0.1, 0.15) is 23.8 Å². The van der Waals surface area contributed by atoms with E-state index in [0.29, 0.717) is 23.8 Å². The fourth-order valence-electron chi connectivity index (χ4n) is 3.18. The van der Waals surface area contributed by atoms with Gasteiger partial charge in [0.15, 0.2) is 0 Å². The van der Waals surface area contributed by atoms with E-state index in [0.717, 1.165) is 11.4 Å². The second-order valence-corrected chi connectivity index (χ2v) is 7.82. The van der Waals surface area contributed by atoms with Gasteiger partial charge in [-0.2, -0.15) is 10.2 Å². The lowest BCUT2D eigenvalue weighted by atomic mass is 9.64. The zero-order chi connectivity index (χ0) is 19.8. The molecule has 8 nitrogen and oxygen atoms in total. The Hall–Kier alpha value is -2.79. The molecule has 2 aromatic heterocycles. The van der Waals surface area contributed by atoms with E-state index in [4.69, 9.17) is 0 Å². The number of aromatic nitrogens is 4. The van der Waals surface area contributed by atoms with Gasteiger partial charge in [-0.3, -0.25) is 0 Å². The maximum atomic E-state index is 9.96. The first-order valence-corrected chi connectivity index (χ1v) is 9.01. The molecule has 27 heavy (non-hydrogen) atoms. The van der Waals surface area contributed by atoms with Crippen molar-refractivity contribution in [1.29, 1.82) is 5.26 Å². The average molecular weight is 367 g/mol. The van der Waals surface area contributed by atoms with Gasteiger partial charge in [0.2, 0.25) is 5.95 Å². The summed E-state index contributed by atoms with van der Waals surface area (Å²) in [4.78, 5) is 19.2. The first-order chi connectivity index (χ1) is 12.8. The molecule has 8 heteroatoms. The molecule has 0 unspecified atom stereocenters. The summed E-state index contributed by atoms with van der Waals surface area (Å²) in [5, 5.41) is 22.7. The van der Waals surface area contributed by atoms with Crippen molar-refractivity contribution in [2.45, 2.75) is 52.2 Å². The van der Waals surface area contributed by atoms with Gasteiger partial charge in [-0.05, 0) is 12.3 Å². The Morgan fingerprint density at radius 3 is 2.67 bits per heavy atom. The van der Waals surface area contributed by atoms with Gasteiger partial charge in [0.05, 0.1) is 29.9 Å². The molecule has 0 bridgehead atoms. The van der Waals surface area contributed by atoms with Gasteiger partial charge in [0, 0.05) is 18.5 Å². The number of nitriles is 1. The Labute approximate surface area is 159 Å². The first kappa shape index (κ1) is 19.0. The first-order valence-electron chi connectivity index (χ1n) is 9.01. The highest BCUT2D eigenvalue weighted by atomic mass is 16.3. The molecule has 0 radical (unpaired) electrons. The smallest absolute Gasteiger partial charge is 0.231 e. The van der Waals surface area contributed by atoms with E-state index in [9.17, 15) is 10.4 Å². The van der Waals surface area contributed by atoms with Crippen molar-refractivity contribution >= 4 is 17.5 Å². The second-order valence-electron chi connectivity index (χ2n) is 7.82. The maximum absolute atomic E-state index is 9.96. The zero-order valence-corrected chi connectivity index (χ0v) is 16.3. The molecule has 1 saturated carbocycles. The Balaban J connectivity index is 1.93. The van der Waals surface area contributed by atoms with Crippen LogP contribution in [0.25, 0.3) is 0 Å². The zero-order valence-electron chi connectivity index (χ0n) is 16.3. The number of aliphatic hydroxyl groups is 1. The number of hydrogen-bond donors (Lipinski definition) is 2. The molecule has 2 heterocycles. The Morgan fingerprint density at radius 2 is 2.07 bits per heavy atom. The molecule has 0 amide bonds. The number of nitrogens with one attached hydrogen (secondary N) is 1. The largest absolute Gasteiger partial charge is 0.392 e. The molecule has 2 aromatic rings. The Kier molecular flexibility index (Phi) is 4.98. The molecule has 2 atom stereocenters. The molecule has 0 aromatic carbocycles. The summed E-state index contributed by atoms with van der Waals surface area (Å²) in [7, 11) is 1.85. The fraction of sp³-hybridized carbons (Fsp3) is 0.526. The third-order valence-corrected chi connectivity index (χ3v) is 5.35. The Morgan fingerprint density at radius 1 is 1.33 bits per heavy atom.